The predicted molar refractivity (Wildman–Crippen MR) is 123 cm³/mol. The van der Waals surface area contributed by atoms with Gasteiger partial charge in [0.1, 0.15) is 24.1 Å². The van der Waals surface area contributed by atoms with Crippen molar-refractivity contribution in [3.8, 4) is 11.4 Å². The lowest BCUT2D eigenvalue weighted by Gasteiger charge is -2.41. The van der Waals surface area contributed by atoms with Gasteiger partial charge in [0, 0.05) is 49.1 Å². The fourth-order valence-electron chi connectivity index (χ4n) is 4.07. The Morgan fingerprint density at radius 3 is 2.74 bits per heavy atom. The quantitative estimate of drug-likeness (QED) is 0.552. The third-order valence-electron chi connectivity index (χ3n) is 5.71. The molecule has 4 heterocycles. The summed E-state index contributed by atoms with van der Waals surface area (Å²) < 4.78 is 38.3. The van der Waals surface area contributed by atoms with E-state index in [2.05, 4.69) is 19.9 Å². The SMILES string of the molecule is CC(C)CC(=O)N1CCN(c2ccnc(-c3c[nH]c4ncccc34)n2)[C@@H](C(=O)NCC(F)(F)F)C1. The van der Waals surface area contributed by atoms with Crippen molar-refractivity contribution in [1.29, 1.82) is 0 Å². The van der Waals surface area contributed by atoms with Crippen LogP contribution in [0, 0.1) is 5.92 Å². The monoisotopic (exact) mass is 489 g/mol. The first-order valence-electron chi connectivity index (χ1n) is 11.3. The highest BCUT2D eigenvalue weighted by Gasteiger charge is 2.37. The van der Waals surface area contributed by atoms with Crippen molar-refractivity contribution in [1.82, 2.24) is 30.2 Å². The largest absolute Gasteiger partial charge is 0.405 e. The number of hydrogen-bond donors (Lipinski definition) is 2. The van der Waals surface area contributed by atoms with Gasteiger partial charge < -0.3 is 20.1 Å². The van der Waals surface area contributed by atoms with Crippen molar-refractivity contribution in [3.63, 3.8) is 0 Å². The van der Waals surface area contributed by atoms with Crippen LogP contribution < -0.4 is 10.2 Å². The second-order valence-corrected chi connectivity index (χ2v) is 8.82. The smallest absolute Gasteiger partial charge is 0.345 e. The molecule has 1 aliphatic heterocycles. The molecular weight excluding hydrogens is 463 g/mol. The van der Waals surface area contributed by atoms with Crippen LogP contribution in [0.2, 0.25) is 0 Å². The molecule has 3 aromatic rings. The van der Waals surface area contributed by atoms with Crippen molar-refractivity contribution in [2.75, 3.05) is 31.1 Å². The Morgan fingerprint density at radius 2 is 2.00 bits per heavy atom. The normalized spacial score (nSPS) is 16.7. The number of aromatic nitrogens is 4. The minimum Gasteiger partial charge on any atom is -0.345 e. The maximum Gasteiger partial charge on any atom is 0.405 e. The van der Waals surface area contributed by atoms with Crippen LogP contribution >= 0.6 is 0 Å². The van der Waals surface area contributed by atoms with Crippen LogP contribution in [0.25, 0.3) is 22.4 Å². The Bertz CT molecular complexity index is 1210. The van der Waals surface area contributed by atoms with Crippen LogP contribution in [0.1, 0.15) is 20.3 Å². The van der Waals surface area contributed by atoms with Crippen LogP contribution in [-0.4, -0.2) is 75.0 Å². The summed E-state index contributed by atoms with van der Waals surface area (Å²) in [5.41, 5.74) is 1.37. The Hall–Kier alpha value is -3.70. The number of anilines is 1. The van der Waals surface area contributed by atoms with Gasteiger partial charge in [-0.1, -0.05) is 13.8 Å². The first kappa shape index (κ1) is 24.4. The lowest BCUT2D eigenvalue weighted by atomic mass is 10.1. The molecule has 186 valence electrons. The molecule has 0 unspecified atom stereocenters. The number of nitrogens with one attached hydrogen (secondary N) is 2. The van der Waals surface area contributed by atoms with Crippen LogP contribution in [-0.2, 0) is 9.59 Å². The van der Waals surface area contributed by atoms with Gasteiger partial charge in [-0.15, -0.1) is 0 Å². The molecule has 0 aliphatic carbocycles. The molecule has 35 heavy (non-hydrogen) atoms. The van der Waals surface area contributed by atoms with Crippen molar-refractivity contribution in [2.24, 2.45) is 5.92 Å². The standard InChI is InChI=1S/C23H26F3N7O2/c1-14(2)10-19(34)32-8-9-33(17(12-32)22(35)30-13-23(24,25)26)18-5-7-28-21(31-18)16-11-29-20-15(16)4-3-6-27-20/h3-7,11,14,17H,8-10,12-13H2,1-2H3,(H,27,29)(H,30,35)/t17-/m1/s1. The van der Waals surface area contributed by atoms with Gasteiger partial charge in [0.05, 0.1) is 6.54 Å². The van der Waals surface area contributed by atoms with Crippen LogP contribution in [0.4, 0.5) is 19.0 Å². The zero-order chi connectivity index (χ0) is 25.2. The average molecular weight is 490 g/mol. The number of pyridine rings is 1. The van der Waals surface area contributed by atoms with E-state index >= 15 is 0 Å². The highest BCUT2D eigenvalue weighted by Crippen LogP contribution is 2.27. The summed E-state index contributed by atoms with van der Waals surface area (Å²) in [6.07, 6.45) is 0.668. The van der Waals surface area contributed by atoms with E-state index in [-0.39, 0.29) is 24.9 Å². The molecule has 0 aromatic carbocycles. The molecule has 2 N–H and O–H groups in total. The number of carbonyl (C=O) groups is 2. The summed E-state index contributed by atoms with van der Waals surface area (Å²) in [5, 5.41) is 2.77. The minimum atomic E-state index is -4.55. The molecule has 1 aliphatic rings. The third-order valence-corrected chi connectivity index (χ3v) is 5.71. The number of rotatable bonds is 6. The van der Waals surface area contributed by atoms with Gasteiger partial charge in [0.15, 0.2) is 5.82 Å². The molecule has 12 heteroatoms. The van der Waals surface area contributed by atoms with Crippen LogP contribution in [0.15, 0.2) is 36.8 Å². The van der Waals surface area contributed by atoms with E-state index in [4.69, 9.17) is 0 Å². The summed E-state index contributed by atoms with van der Waals surface area (Å²) in [5.74, 6) is -0.0669. The molecule has 3 aromatic heterocycles. The van der Waals surface area contributed by atoms with E-state index in [0.29, 0.717) is 35.8 Å². The van der Waals surface area contributed by atoms with E-state index in [1.54, 1.807) is 29.4 Å². The van der Waals surface area contributed by atoms with Gasteiger partial charge >= 0.3 is 6.18 Å². The number of alkyl halides is 3. The van der Waals surface area contributed by atoms with Gasteiger partial charge in [0.25, 0.3) is 0 Å². The predicted octanol–water partition coefficient (Wildman–Crippen LogP) is 2.76. The summed E-state index contributed by atoms with van der Waals surface area (Å²) >= 11 is 0. The molecular formula is C23H26F3N7O2. The number of hydrogen-bond acceptors (Lipinski definition) is 6. The third kappa shape index (κ3) is 5.69. The minimum absolute atomic E-state index is 0.0361. The highest BCUT2D eigenvalue weighted by molar-refractivity contribution is 5.92. The number of piperazine rings is 1. The second-order valence-electron chi connectivity index (χ2n) is 8.82. The van der Waals surface area contributed by atoms with Crippen molar-refractivity contribution >= 4 is 28.7 Å². The lowest BCUT2D eigenvalue weighted by Crippen LogP contribution is -2.61. The fraction of sp³-hybridized carbons (Fsp3) is 0.435. The van der Waals surface area contributed by atoms with Gasteiger partial charge in [-0.05, 0) is 24.1 Å². The Labute approximate surface area is 199 Å². The van der Waals surface area contributed by atoms with E-state index in [1.807, 2.05) is 25.2 Å². The average Bonchev–Trinajstić information content (AvgIpc) is 3.25. The van der Waals surface area contributed by atoms with Gasteiger partial charge in [-0.25, -0.2) is 15.0 Å². The molecule has 1 saturated heterocycles. The summed E-state index contributed by atoms with van der Waals surface area (Å²) in [6, 6.07) is 4.23. The maximum atomic E-state index is 12.9. The number of fused-ring (bicyclic) bond motifs is 1. The zero-order valence-electron chi connectivity index (χ0n) is 19.3. The number of halogens is 3. The number of carbonyl (C=O) groups excluding carboxylic acids is 2. The first-order valence-corrected chi connectivity index (χ1v) is 11.3. The molecule has 0 saturated carbocycles. The molecule has 1 atom stereocenters. The second kappa shape index (κ2) is 9.88. The molecule has 2 amide bonds. The van der Waals surface area contributed by atoms with Crippen LogP contribution in [0.5, 0.6) is 0 Å². The lowest BCUT2D eigenvalue weighted by molar-refractivity contribution is -0.141. The Balaban J connectivity index is 1.63. The first-order chi connectivity index (χ1) is 16.6. The molecule has 4 rings (SSSR count). The van der Waals surface area contributed by atoms with E-state index in [9.17, 15) is 22.8 Å². The number of H-pyrrole nitrogens is 1. The Morgan fingerprint density at radius 1 is 1.20 bits per heavy atom. The van der Waals surface area contributed by atoms with Crippen molar-refractivity contribution in [3.05, 3.63) is 36.8 Å². The van der Waals surface area contributed by atoms with Crippen LogP contribution in [0.3, 0.4) is 0 Å². The van der Waals surface area contributed by atoms with E-state index in [0.717, 1.165) is 5.39 Å². The molecule has 1 fully saturated rings. The molecule has 0 bridgehead atoms. The number of amides is 2. The molecule has 0 spiro atoms. The maximum absolute atomic E-state index is 12.9. The van der Waals surface area contributed by atoms with E-state index < -0.39 is 24.7 Å². The van der Waals surface area contributed by atoms with Gasteiger partial charge in [-0.3, -0.25) is 9.59 Å². The molecule has 0 radical (unpaired) electrons. The summed E-state index contributed by atoms with van der Waals surface area (Å²) in [6.45, 7) is 2.89. The number of nitrogens with zero attached hydrogens (tertiary/aromatic N) is 5. The number of aromatic amines is 1. The highest BCUT2D eigenvalue weighted by atomic mass is 19.4. The Kier molecular flexibility index (Phi) is 6.90. The van der Waals surface area contributed by atoms with Gasteiger partial charge in [-0.2, -0.15) is 13.2 Å². The van der Waals surface area contributed by atoms with Crippen molar-refractivity contribution in [2.45, 2.75) is 32.5 Å². The summed E-state index contributed by atoms with van der Waals surface area (Å²) in [7, 11) is 0. The van der Waals surface area contributed by atoms with Gasteiger partial charge in [0.2, 0.25) is 11.8 Å². The van der Waals surface area contributed by atoms with E-state index in [1.165, 1.54) is 11.1 Å². The molecule has 9 nitrogen and oxygen atoms in total. The summed E-state index contributed by atoms with van der Waals surface area (Å²) in [4.78, 5) is 44.9. The van der Waals surface area contributed by atoms with Crippen molar-refractivity contribution < 1.29 is 22.8 Å². The topological polar surface area (TPSA) is 107 Å². The zero-order valence-corrected chi connectivity index (χ0v) is 19.3. The fourth-order valence-corrected chi connectivity index (χ4v) is 4.07.